The van der Waals surface area contributed by atoms with Crippen molar-refractivity contribution in [3.05, 3.63) is 58.7 Å². The smallest absolute Gasteiger partial charge is 0.243 e. The van der Waals surface area contributed by atoms with Crippen molar-refractivity contribution in [3.63, 3.8) is 0 Å². The van der Waals surface area contributed by atoms with Crippen LogP contribution in [-0.2, 0) is 24.8 Å². The molecule has 0 saturated carbocycles. The predicted molar refractivity (Wildman–Crippen MR) is 132 cm³/mol. The lowest BCUT2D eigenvalue weighted by Crippen LogP contribution is -2.44. The maximum atomic E-state index is 13.2. The van der Waals surface area contributed by atoms with Gasteiger partial charge in [-0.15, -0.1) is 0 Å². The van der Waals surface area contributed by atoms with Crippen LogP contribution in [0.3, 0.4) is 0 Å². The van der Waals surface area contributed by atoms with Gasteiger partial charge in [-0.1, -0.05) is 35.4 Å². The van der Waals surface area contributed by atoms with E-state index < -0.39 is 20.0 Å². The van der Waals surface area contributed by atoms with Crippen LogP contribution >= 0.6 is 0 Å². The first-order valence-electron chi connectivity index (χ1n) is 11.3. The molecule has 0 aliphatic carbocycles. The second kappa shape index (κ2) is 10.6. The number of benzene rings is 2. The number of amides is 1. The average Bonchev–Trinajstić information content (AvgIpc) is 2.76. The first-order valence-corrected chi connectivity index (χ1v) is 14.3. The molecule has 0 aromatic heterocycles. The Bertz CT molecular complexity index is 1230. The Morgan fingerprint density at radius 1 is 0.882 bits per heavy atom. The summed E-state index contributed by atoms with van der Waals surface area (Å²) in [6, 6.07) is 10.3. The zero-order chi connectivity index (χ0) is 25.1. The highest BCUT2D eigenvalue weighted by Gasteiger charge is 2.33. The zero-order valence-corrected chi connectivity index (χ0v) is 21.7. The number of carbonyl (C=O) groups is 1. The average molecular weight is 508 g/mol. The highest BCUT2D eigenvalue weighted by molar-refractivity contribution is 7.89. The van der Waals surface area contributed by atoms with Crippen molar-refractivity contribution in [1.82, 2.24) is 14.3 Å². The van der Waals surface area contributed by atoms with Gasteiger partial charge in [0.2, 0.25) is 26.0 Å². The summed E-state index contributed by atoms with van der Waals surface area (Å²) >= 11 is 0. The molecular formula is C24H33N3O5S2. The van der Waals surface area contributed by atoms with Crippen molar-refractivity contribution in [1.29, 1.82) is 0 Å². The Balaban J connectivity index is 1.50. The minimum Gasteiger partial charge on any atom is -0.355 e. The normalized spacial score (nSPS) is 15.9. The minimum absolute atomic E-state index is 0.0706. The summed E-state index contributed by atoms with van der Waals surface area (Å²) in [5.41, 5.74) is 3.44. The number of aryl methyl sites for hydroxylation is 4. The van der Waals surface area contributed by atoms with Gasteiger partial charge in [0.05, 0.1) is 9.79 Å². The van der Waals surface area contributed by atoms with Gasteiger partial charge in [-0.3, -0.25) is 4.79 Å². The van der Waals surface area contributed by atoms with E-state index in [1.54, 1.807) is 26.0 Å². The molecule has 1 aliphatic heterocycles. The van der Waals surface area contributed by atoms with E-state index in [0.717, 1.165) is 22.3 Å². The fourth-order valence-corrected chi connectivity index (χ4v) is 7.29. The molecule has 2 aromatic carbocycles. The van der Waals surface area contributed by atoms with Crippen molar-refractivity contribution in [2.75, 3.05) is 26.2 Å². The van der Waals surface area contributed by atoms with Gasteiger partial charge in [0.15, 0.2) is 0 Å². The van der Waals surface area contributed by atoms with Gasteiger partial charge < -0.3 is 5.32 Å². The molecule has 8 nitrogen and oxygen atoms in total. The molecule has 1 fully saturated rings. The topological polar surface area (TPSA) is 113 Å². The molecule has 10 heteroatoms. The monoisotopic (exact) mass is 507 g/mol. The molecule has 0 spiro atoms. The molecule has 1 saturated heterocycles. The maximum absolute atomic E-state index is 13.2. The van der Waals surface area contributed by atoms with Gasteiger partial charge in [0.1, 0.15) is 0 Å². The fourth-order valence-electron chi connectivity index (χ4n) is 4.38. The lowest BCUT2D eigenvalue weighted by Gasteiger charge is -2.31. The molecule has 0 bridgehead atoms. The summed E-state index contributed by atoms with van der Waals surface area (Å²) in [6.07, 6.45) is 0.841. The Hall–Kier alpha value is -2.27. The van der Waals surface area contributed by atoms with Crippen LogP contribution in [-0.4, -0.2) is 53.2 Å². The number of nitrogens with one attached hydrogen (secondary N) is 2. The van der Waals surface area contributed by atoms with Gasteiger partial charge in [-0.05, 0) is 63.8 Å². The summed E-state index contributed by atoms with van der Waals surface area (Å²) in [7, 11) is -7.27. The molecule has 2 aromatic rings. The number of hydrogen-bond donors (Lipinski definition) is 2. The molecular weight excluding hydrogens is 474 g/mol. The van der Waals surface area contributed by atoms with Crippen LogP contribution in [0.2, 0.25) is 0 Å². The second-order valence-corrected chi connectivity index (χ2v) is 12.5. The van der Waals surface area contributed by atoms with Crippen molar-refractivity contribution >= 4 is 26.0 Å². The van der Waals surface area contributed by atoms with Crippen LogP contribution in [0.5, 0.6) is 0 Å². The molecule has 0 unspecified atom stereocenters. The summed E-state index contributed by atoms with van der Waals surface area (Å²) in [5, 5.41) is 2.76. The Morgan fingerprint density at radius 2 is 1.44 bits per heavy atom. The van der Waals surface area contributed by atoms with Crippen LogP contribution in [0.4, 0.5) is 0 Å². The quantitative estimate of drug-likeness (QED) is 0.533. The van der Waals surface area contributed by atoms with E-state index in [1.165, 1.54) is 16.4 Å². The maximum Gasteiger partial charge on any atom is 0.243 e. The number of sulfonamides is 2. The van der Waals surface area contributed by atoms with Gasteiger partial charge >= 0.3 is 0 Å². The van der Waals surface area contributed by atoms with Crippen molar-refractivity contribution in [3.8, 4) is 0 Å². The standard InChI is InChI=1S/C24H33N3O5S2/c1-17-5-7-22(8-6-17)33(29,30)26-12-11-25-24(28)21-9-13-27(14-10-21)34(31,32)23-19(3)15-18(2)16-20(23)4/h5-8,15-16,21,26H,9-14H2,1-4H3,(H,25,28). The summed E-state index contributed by atoms with van der Waals surface area (Å²) in [4.78, 5) is 13.1. The molecule has 0 atom stereocenters. The largest absolute Gasteiger partial charge is 0.355 e. The molecule has 1 amide bonds. The van der Waals surface area contributed by atoms with Crippen LogP contribution in [0.1, 0.15) is 35.1 Å². The molecule has 186 valence electrons. The molecule has 1 heterocycles. The third-order valence-electron chi connectivity index (χ3n) is 6.07. The van der Waals surface area contributed by atoms with E-state index in [-0.39, 0.29) is 42.9 Å². The highest BCUT2D eigenvalue weighted by atomic mass is 32.2. The molecule has 1 aliphatic rings. The third kappa shape index (κ3) is 6.04. The summed E-state index contributed by atoms with van der Waals surface area (Å²) < 4.78 is 55.0. The Labute approximate surface area is 202 Å². The van der Waals surface area contributed by atoms with Gasteiger partial charge in [-0.2, -0.15) is 4.31 Å². The lowest BCUT2D eigenvalue weighted by atomic mass is 9.97. The minimum atomic E-state index is -3.63. The Kier molecular flexibility index (Phi) is 8.18. The number of rotatable bonds is 8. The lowest BCUT2D eigenvalue weighted by molar-refractivity contribution is -0.126. The van der Waals surface area contributed by atoms with Crippen molar-refractivity contribution in [2.24, 2.45) is 5.92 Å². The molecule has 0 radical (unpaired) electrons. The number of hydrogen-bond acceptors (Lipinski definition) is 5. The van der Waals surface area contributed by atoms with Crippen LogP contribution < -0.4 is 10.0 Å². The molecule has 2 N–H and O–H groups in total. The van der Waals surface area contributed by atoms with Gasteiger partial charge in [0.25, 0.3) is 0 Å². The van der Waals surface area contributed by atoms with E-state index in [2.05, 4.69) is 10.0 Å². The van der Waals surface area contributed by atoms with E-state index in [4.69, 9.17) is 0 Å². The summed E-state index contributed by atoms with van der Waals surface area (Å²) in [5.74, 6) is -0.491. The highest BCUT2D eigenvalue weighted by Crippen LogP contribution is 2.28. The van der Waals surface area contributed by atoms with E-state index >= 15 is 0 Å². The van der Waals surface area contributed by atoms with Gasteiger partial charge in [0, 0.05) is 32.1 Å². The van der Waals surface area contributed by atoms with E-state index in [0.29, 0.717) is 17.7 Å². The predicted octanol–water partition coefficient (Wildman–Crippen LogP) is 2.42. The second-order valence-electron chi connectivity index (χ2n) is 8.91. The number of piperidine rings is 1. The zero-order valence-electron chi connectivity index (χ0n) is 20.1. The molecule has 3 rings (SSSR count). The van der Waals surface area contributed by atoms with Crippen molar-refractivity contribution < 1.29 is 21.6 Å². The van der Waals surface area contributed by atoms with Crippen LogP contribution in [0.15, 0.2) is 46.2 Å². The summed E-state index contributed by atoms with van der Waals surface area (Å²) in [6.45, 7) is 8.20. The third-order valence-corrected chi connectivity index (χ3v) is 9.76. The fraction of sp³-hybridized carbons (Fsp3) is 0.458. The number of carbonyl (C=O) groups excluding carboxylic acids is 1. The first-order chi connectivity index (χ1) is 15.9. The van der Waals surface area contributed by atoms with Crippen molar-refractivity contribution in [2.45, 2.75) is 50.3 Å². The number of nitrogens with zero attached hydrogens (tertiary/aromatic N) is 1. The van der Waals surface area contributed by atoms with Gasteiger partial charge in [-0.25, -0.2) is 21.6 Å². The van der Waals surface area contributed by atoms with Crippen LogP contribution in [0.25, 0.3) is 0 Å². The first kappa shape index (κ1) is 26.3. The molecule has 34 heavy (non-hydrogen) atoms. The van der Waals surface area contributed by atoms with E-state index in [1.807, 2.05) is 26.0 Å². The van der Waals surface area contributed by atoms with E-state index in [9.17, 15) is 21.6 Å². The Morgan fingerprint density at radius 3 is 2.00 bits per heavy atom. The van der Waals surface area contributed by atoms with Crippen LogP contribution in [0, 0.1) is 33.6 Å². The SMILES string of the molecule is Cc1ccc(S(=O)(=O)NCCNC(=O)C2CCN(S(=O)(=O)c3c(C)cc(C)cc3C)CC2)cc1.